The molecule has 0 saturated heterocycles. The molecule has 0 aliphatic heterocycles. The lowest BCUT2D eigenvalue weighted by atomic mass is 10.1. The lowest BCUT2D eigenvalue weighted by Gasteiger charge is -2.03. The van der Waals surface area contributed by atoms with Crippen LogP contribution in [-0.2, 0) is 11.2 Å². The van der Waals surface area contributed by atoms with E-state index in [0.717, 1.165) is 28.8 Å². The van der Waals surface area contributed by atoms with Crippen LogP contribution in [0, 0.1) is 6.92 Å². The summed E-state index contributed by atoms with van der Waals surface area (Å²) in [4.78, 5) is 18.3. The van der Waals surface area contributed by atoms with Crippen LogP contribution in [0.1, 0.15) is 11.4 Å². The van der Waals surface area contributed by atoms with E-state index in [-0.39, 0.29) is 5.91 Å². The molecular formula is C12H15N3O2. The van der Waals surface area contributed by atoms with E-state index in [1.165, 1.54) is 0 Å². The van der Waals surface area contributed by atoms with Crippen molar-refractivity contribution in [1.82, 2.24) is 15.3 Å². The Morgan fingerprint density at radius 1 is 1.53 bits per heavy atom. The number of aromatic nitrogens is 2. The van der Waals surface area contributed by atoms with E-state index in [1.807, 2.05) is 25.1 Å². The second kappa shape index (κ2) is 4.97. The molecule has 0 fully saturated rings. The maximum atomic E-state index is 10.8. The quantitative estimate of drug-likeness (QED) is 0.720. The number of rotatable bonds is 4. The third-order valence-electron chi connectivity index (χ3n) is 2.54. The predicted octanol–water partition coefficient (Wildman–Crippen LogP) is 0.522. The molecule has 0 bridgehead atoms. The van der Waals surface area contributed by atoms with Crippen molar-refractivity contribution in [3.63, 3.8) is 0 Å². The lowest BCUT2D eigenvalue weighted by molar-refractivity contribution is -0.123. The van der Waals surface area contributed by atoms with Gasteiger partial charge in [-0.15, -0.1) is 0 Å². The van der Waals surface area contributed by atoms with Crippen molar-refractivity contribution in [2.24, 2.45) is 0 Å². The van der Waals surface area contributed by atoms with Crippen molar-refractivity contribution >= 4 is 16.9 Å². The number of aryl methyl sites for hydroxylation is 1. The van der Waals surface area contributed by atoms with Crippen molar-refractivity contribution in [3.8, 4) is 0 Å². The molecule has 17 heavy (non-hydrogen) atoms. The summed E-state index contributed by atoms with van der Waals surface area (Å²) in [5.41, 5.74) is 3.08. The summed E-state index contributed by atoms with van der Waals surface area (Å²) in [5.74, 6) is 0.550. The summed E-state index contributed by atoms with van der Waals surface area (Å²) in [6.45, 7) is 1.98. The average Bonchev–Trinajstić information content (AvgIpc) is 2.68. The summed E-state index contributed by atoms with van der Waals surface area (Å²) < 4.78 is 0. The number of nitrogens with zero attached hydrogens (tertiary/aromatic N) is 1. The van der Waals surface area contributed by atoms with E-state index in [4.69, 9.17) is 5.11 Å². The first-order valence-corrected chi connectivity index (χ1v) is 5.52. The Labute approximate surface area is 98.9 Å². The summed E-state index contributed by atoms with van der Waals surface area (Å²) in [6, 6.07) is 5.98. The molecular weight excluding hydrogens is 218 g/mol. The van der Waals surface area contributed by atoms with E-state index in [0.29, 0.717) is 6.54 Å². The number of benzene rings is 1. The minimum atomic E-state index is -0.460. The number of H-pyrrole nitrogens is 1. The first-order valence-electron chi connectivity index (χ1n) is 5.52. The highest BCUT2D eigenvalue weighted by atomic mass is 16.3. The van der Waals surface area contributed by atoms with Gasteiger partial charge in [-0.2, -0.15) is 0 Å². The van der Waals surface area contributed by atoms with Gasteiger partial charge in [-0.3, -0.25) is 4.79 Å². The monoisotopic (exact) mass is 233 g/mol. The minimum absolute atomic E-state index is 0.344. The minimum Gasteiger partial charge on any atom is -0.387 e. The van der Waals surface area contributed by atoms with Crippen LogP contribution in [0.4, 0.5) is 0 Å². The van der Waals surface area contributed by atoms with Gasteiger partial charge in [0.05, 0.1) is 11.0 Å². The number of amides is 1. The molecule has 0 aliphatic carbocycles. The molecule has 0 unspecified atom stereocenters. The Morgan fingerprint density at radius 2 is 2.35 bits per heavy atom. The SMILES string of the molecule is Cc1nc2ccc(CCNC(=O)CO)cc2[nH]1. The first kappa shape index (κ1) is 11.6. The van der Waals surface area contributed by atoms with E-state index >= 15 is 0 Å². The number of hydrogen-bond donors (Lipinski definition) is 3. The zero-order chi connectivity index (χ0) is 12.3. The number of carbonyl (C=O) groups excluding carboxylic acids is 1. The number of aliphatic hydroxyl groups is 1. The molecule has 1 aromatic heterocycles. The number of aliphatic hydroxyl groups excluding tert-OH is 1. The number of imidazole rings is 1. The lowest BCUT2D eigenvalue weighted by Crippen LogP contribution is -2.28. The zero-order valence-corrected chi connectivity index (χ0v) is 9.66. The number of hydrogen-bond acceptors (Lipinski definition) is 3. The van der Waals surface area contributed by atoms with E-state index in [1.54, 1.807) is 0 Å². The Balaban J connectivity index is 2.01. The number of aromatic amines is 1. The molecule has 5 nitrogen and oxygen atoms in total. The third-order valence-corrected chi connectivity index (χ3v) is 2.54. The van der Waals surface area contributed by atoms with Crippen molar-refractivity contribution in [1.29, 1.82) is 0 Å². The maximum Gasteiger partial charge on any atom is 0.245 e. The van der Waals surface area contributed by atoms with Crippen LogP contribution in [0.25, 0.3) is 11.0 Å². The van der Waals surface area contributed by atoms with Gasteiger partial charge in [0.15, 0.2) is 0 Å². The fourth-order valence-electron chi connectivity index (χ4n) is 1.74. The molecule has 0 aliphatic rings. The topological polar surface area (TPSA) is 78.0 Å². The van der Waals surface area contributed by atoms with Crippen molar-refractivity contribution < 1.29 is 9.90 Å². The van der Waals surface area contributed by atoms with Crippen LogP contribution < -0.4 is 5.32 Å². The van der Waals surface area contributed by atoms with Crippen LogP contribution in [-0.4, -0.2) is 34.1 Å². The molecule has 2 rings (SSSR count). The summed E-state index contributed by atoms with van der Waals surface area (Å²) in [5, 5.41) is 11.2. The molecule has 2 aromatic rings. The first-order chi connectivity index (χ1) is 8.19. The fraction of sp³-hybridized carbons (Fsp3) is 0.333. The van der Waals surface area contributed by atoms with E-state index < -0.39 is 6.61 Å². The molecule has 0 saturated carbocycles. The van der Waals surface area contributed by atoms with Gasteiger partial charge in [-0.1, -0.05) is 6.07 Å². The molecule has 5 heteroatoms. The highest BCUT2D eigenvalue weighted by Gasteiger charge is 2.02. The standard InChI is InChI=1S/C12H15N3O2/c1-8-14-10-3-2-9(6-11(10)15-8)4-5-13-12(17)7-16/h2-3,6,16H,4-5,7H2,1H3,(H,13,17)(H,14,15). The van der Waals surface area contributed by atoms with Gasteiger partial charge in [-0.25, -0.2) is 4.98 Å². The smallest absolute Gasteiger partial charge is 0.245 e. The fourth-order valence-corrected chi connectivity index (χ4v) is 1.74. The van der Waals surface area contributed by atoms with Crippen LogP contribution in [0.15, 0.2) is 18.2 Å². The Morgan fingerprint density at radius 3 is 3.12 bits per heavy atom. The summed E-state index contributed by atoms with van der Waals surface area (Å²) in [7, 11) is 0. The van der Waals surface area contributed by atoms with E-state index in [9.17, 15) is 4.79 Å². The Bertz CT molecular complexity index is 534. The van der Waals surface area contributed by atoms with Gasteiger partial charge >= 0.3 is 0 Å². The summed E-state index contributed by atoms with van der Waals surface area (Å²) in [6.07, 6.45) is 0.736. The third kappa shape index (κ3) is 2.82. The van der Waals surface area contributed by atoms with Gasteiger partial charge in [0.25, 0.3) is 0 Å². The molecule has 1 aromatic carbocycles. The Hall–Kier alpha value is -1.88. The van der Waals surface area contributed by atoms with Gasteiger partial charge < -0.3 is 15.4 Å². The van der Waals surface area contributed by atoms with Crippen LogP contribution in [0.3, 0.4) is 0 Å². The highest BCUT2D eigenvalue weighted by molar-refractivity contribution is 5.77. The maximum absolute atomic E-state index is 10.8. The summed E-state index contributed by atoms with van der Waals surface area (Å²) >= 11 is 0. The molecule has 0 radical (unpaired) electrons. The number of fused-ring (bicyclic) bond motifs is 1. The second-order valence-electron chi connectivity index (χ2n) is 3.93. The highest BCUT2D eigenvalue weighted by Crippen LogP contribution is 2.13. The largest absolute Gasteiger partial charge is 0.387 e. The second-order valence-corrected chi connectivity index (χ2v) is 3.93. The normalized spacial score (nSPS) is 10.7. The van der Waals surface area contributed by atoms with Crippen LogP contribution >= 0.6 is 0 Å². The molecule has 90 valence electrons. The van der Waals surface area contributed by atoms with Crippen molar-refractivity contribution in [2.45, 2.75) is 13.3 Å². The Kier molecular flexibility index (Phi) is 3.39. The van der Waals surface area contributed by atoms with Gasteiger partial charge in [0.2, 0.25) is 5.91 Å². The average molecular weight is 233 g/mol. The zero-order valence-electron chi connectivity index (χ0n) is 9.66. The molecule has 0 atom stereocenters. The number of carbonyl (C=O) groups is 1. The number of nitrogens with one attached hydrogen (secondary N) is 2. The van der Waals surface area contributed by atoms with Crippen molar-refractivity contribution in [2.75, 3.05) is 13.2 Å². The van der Waals surface area contributed by atoms with Crippen molar-refractivity contribution in [3.05, 3.63) is 29.6 Å². The predicted molar refractivity (Wildman–Crippen MR) is 64.6 cm³/mol. The van der Waals surface area contributed by atoms with Gasteiger partial charge in [0.1, 0.15) is 12.4 Å². The van der Waals surface area contributed by atoms with Crippen LogP contribution in [0.2, 0.25) is 0 Å². The van der Waals surface area contributed by atoms with Gasteiger partial charge in [0, 0.05) is 6.54 Å². The molecule has 1 heterocycles. The molecule has 0 spiro atoms. The van der Waals surface area contributed by atoms with Crippen LogP contribution in [0.5, 0.6) is 0 Å². The molecule has 3 N–H and O–H groups in total. The van der Waals surface area contributed by atoms with E-state index in [2.05, 4.69) is 15.3 Å². The van der Waals surface area contributed by atoms with Gasteiger partial charge in [-0.05, 0) is 31.0 Å². The molecule has 1 amide bonds.